The summed E-state index contributed by atoms with van der Waals surface area (Å²) in [5.41, 5.74) is 0.0925. The van der Waals surface area contributed by atoms with E-state index in [1.165, 1.54) is 4.90 Å². The van der Waals surface area contributed by atoms with E-state index < -0.39 is 5.60 Å². The first-order chi connectivity index (χ1) is 9.78. The van der Waals surface area contributed by atoms with Gasteiger partial charge in [-0.1, -0.05) is 0 Å². The molecule has 0 fully saturated rings. The van der Waals surface area contributed by atoms with Crippen molar-refractivity contribution in [3.8, 4) is 11.5 Å². The molecule has 0 radical (unpaired) electrons. The highest BCUT2D eigenvalue weighted by molar-refractivity contribution is 6.00. The molecule has 114 valence electrons. The topological polar surface area (TPSA) is 55.8 Å². The molecule has 1 amide bonds. The van der Waals surface area contributed by atoms with Gasteiger partial charge in [-0.25, -0.2) is 0 Å². The summed E-state index contributed by atoms with van der Waals surface area (Å²) in [5, 5.41) is 0. The first kappa shape index (κ1) is 15.4. The molecule has 1 aliphatic rings. The van der Waals surface area contributed by atoms with Gasteiger partial charge >= 0.3 is 0 Å². The first-order valence-corrected chi connectivity index (χ1v) is 6.98. The van der Waals surface area contributed by atoms with Crippen LogP contribution in [-0.4, -0.2) is 42.9 Å². The van der Waals surface area contributed by atoms with Gasteiger partial charge in [-0.15, -0.1) is 0 Å². The normalized spacial score (nSPS) is 15.9. The molecule has 21 heavy (non-hydrogen) atoms. The van der Waals surface area contributed by atoms with Crippen LogP contribution in [0.4, 0.5) is 0 Å². The molecule has 0 aromatic heterocycles. The van der Waals surface area contributed by atoms with Gasteiger partial charge in [0.05, 0.1) is 25.0 Å². The van der Waals surface area contributed by atoms with Gasteiger partial charge in [-0.2, -0.15) is 0 Å². The zero-order chi connectivity index (χ0) is 15.6. The highest BCUT2D eigenvalue weighted by atomic mass is 16.5. The summed E-state index contributed by atoms with van der Waals surface area (Å²) in [6, 6.07) is 5.17. The minimum absolute atomic E-state index is 0.0144. The second kappa shape index (κ2) is 5.76. The van der Waals surface area contributed by atoms with Crippen LogP contribution in [0.2, 0.25) is 0 Å². The Morgan fingerprint density at radius 2 is 2.10 bits per heavy atom. The van der Waals surface area contributed by atoms with Crippen LogP contribution in [0, 0.1) is 0 Å². The van der Waals surface area contributed by atoms with Crippen molar-refractivity contribution in [2.75, 3.05) is 20.7 Å². The average molecular weight is 291 g/mol. The fraction of sp³-hybridized carbons (Fsp3) is 0.500. The Morgan fingerprint density at radius 3 is 2.76 bits per heavy atom. The number of fused-ring (bicyclic) bond motifs is 1. The van der Waals surface area contributed by atoms with Gasteiger partial charge in [-0.3, -0.25) is 9.59 Å². The molecule has 5 heteroatoms. The van der Waals surface area contributed by atoms with Crippen molar-refractivity contribution in [1.29, 1.82) is 0 Å². The third kappa shape index (κ3) is 3.74. The van der Waals surface area contributed by atoms with Crippen LogP contribution < -0.4 is 9.47 Å². The molecule has 5 nitrogen and oxygen atoms in total. The Hall–Kier alpha value is -2.04. The van der Waals surface area contributed by atoms with E-state index in [0.717, 1.165) is 0 Å². The van der Waals surface area contributed by atoms with Gasteiger partial charge in [0.25, 0.3) is 0 Å². The molecule has 2 rings (SSSR count). The second-order valence-corrected chi connectivity index (χ2v) is 6.01. The number of rotatable bonds is 4. The van der Waals surface area contributed by atoms with Gasteiger partial charge < -0.3 is 14.4 Å². The standard InChI is InChI=1S/C16H21NO4/c1-16(2)10-13(18)12-6-5-11(9-14(12)21-16)20-8-7-15(19)17(3)4/h5-6,9H,7-8,10H2,1-4H3. The van der Waals surface area contributed by atoms with Crippen molar-refractivity contribution in [3.05, 3.63) is 23.8 Å². The van der Waals surface area contributed by atoms with Crippen molar-refractivity contribution in [1.82, 2.24) is 4.90 Å². The van der Waals surface area contributed by atoms with E-state index in [0.29, 0.717) is 36.5 Å². The summed E-state index contributed by atoms with van der Waals surface area (Å²) in [5.74, 6) is 1.24. The third-order valence-corrected chi connectivity index (χ3v) is 3.31. The molecule has 1 heterocycles. The van der Waals surface area contributed by atoms with Crippen molar-refractivity contribution in [2.24, 2.45) is 0 Å². The smallest absolute Gasteiger partial charge is 0.225 e. The summed E-state index contributed by atoms with van der Waals surface area (Å²) >= 11 is 0. The summed E-state index contributed by atoms with van der Waals surface area (Å²) in [6.45, 7) is 4.07. The lowest BCUT2D eigenvalue weighted by Crippen LogP contribution is -2.35. The maximum atomic E-state index is 12.0. The predicted molar refractivity (Wildman–Crippen MR) is 78.9 cm³/mol. The van der Waals surface area contributed by atoms with E-state index >= 15 is 0 Å². The summed E-state index contributed by atoms with van der Waals surface area (Å²) in [6.07, 6.45) is 0.687. The van der Waals surface area contributed by atoms with Gasteiger partial charge in [0, 0.05) is 20.2 Å². The van der Waals surface area contributed by atoms with Crippen LogP contribution >= 0.6 is 0 Å². The number of carbonyl (C=O) groups excluding carboxylic acids is 2. The molecule has 0 atom stereocenters. The second-order valence-electron chi connectivity index (χ2n) is 6.01. The van der Waals surface area contributed by atoms with Crippen molar-refractivity contribution < 1.29 is 19.1 Å². The fourth-order valence-corrected chi connectivity index (χ4v) is 2.20. The lowest BCUT2D eigenvalue weighted by Gasteiger charge is -2.31. The lowest BCUT2D eigenvalue weighted by atomic mass is 9.93. The molecular formula is C16H21NO4. The molecular weight excluding hydrogens is 270 g/mol. The molecule has 1 aliphatic heterocycles. The van der Waals surface area contributed by atoms with Crippen LogP contribution in [0.1, 0.15) is 37.0 Å². The van der Waals surface area contributed by atoms with E-state index in [-0.39, 0.29) is 11.7 Å². The summed E-state index contributed by atoms with van der Waals surface area (Å²) in [7, 11) is 3.42. The monoisotopic (exact) mass is 291 g/mol. The number of benzene rings is 1. The Bertz CT molecular complexity index is 563. The SMILES string of the molecule is CN(C)C(=O)CCOc1ccc2c(c1)OC(C)(C)CC2=O. The Morgan fingerprint density at radius 1 is 1.38 bits per heavy atom. The van der Waals surface area contributed by atoms with Crippen LogP contribution in [0.5, 0.6) is 11.5 Å². The Labute approximate surface area is 124 Å². The molecule has 0 bridgehead atoms. The highest BCUT2D eigenvalue weighted by Gasteiger charge is 2.32. The number of carbonyl (C=O) groups is 2. The van der Waals surface area contributed by atoms with Crippen LogP contribution in [0.3, 0.4) is 0 Å². The highest BCUT2D eigenvalue weighted by Crippen LogP contribution is 2.35. The quantitative estimate of drug-likeness (QED) is 0.854. The maximum Gasteiger partial charge on any atom is 0.225 e. The number of nitrogens with zero attached hydrogens (tertiary/aromatic N) is 1. The van der Waals surface area contributed by atoms with Crippen molar-refractivity contribution >= 4 is 11.7 Å². The summed E-state index contributed by atoms with van der Waals surface area (Å²) < 4.78 is 11.4. The lowest BCUT2D eigenvalue weighted by molar-refractivity contribution is -0.129. The van der Waals surface area contributed by atoms with Gasteiger partial charge in [0.15, 0.2) is 5.78 Å². The Kier molecular flexibility index (Phi) is 4.21. The van der Waals surface area contributed by atoms with Crippen LogP contribution in [0.25, 0.3) is 0 Å². The van der Waals surface area contributed by atoms with E-state index in [9.17, 15) is 9.59 Å². The summed E-state index contributed by atoms with van der Waals surface area (Å²) in [4.78, 5) is 25.0. The number of ketones is 1. The molecule has 0 spiro atoms. The molecule has 0 saturated carbocycles. The number of Topliss-reactive ketones (excluding diaryl/α,β-unsaturated/α-hetero) is 1. The van der Waals surface area contributed by atoms with Crippen LogP contribution in [-0.2, 0) is 4.79 Å². The largest absolute Gasteiger partial charge is 0.493 e. The minimum Gasteiger partial charge on any atom is -0.493 e. The zero-order valence-electron chi connectivity index (χ0n) is 12.9. The van der Waals surface area contributed by atoms with E-state index in [2.05, 4.69) is 0 Å². The third-order valence-electron chi connectivity index (χ3n) is 3.31. The van der Waals surface area contributed by atoms with Crippen LogP contribution in [0.15, 0.2) is 18.2 Å². The minimum atomic E-state index is -0.496. The molecule has 0 N–H and O–H groups in total. The number of amides is 1. The van der Waals surface area contributed by atoms with E-state index in [4.69, 9.17) is 9.47 Å². The number of hydrogen-bond acceptors (Lipinski definition) is 4. The van der Waals surface area contributed by atoms with Crippen molar-refractivity contribution in [3.63, 3.8) is 0 Å². The van der Waals surface area contributed by atoms with Gasteiger partial charge in [0.2, 0.25) is 5.91 Å². The average Bonchev–Trinajstić information content (AvgIpc) is 2.36. The molecule has 1 aromatic carbocycles. The zero-order valence-corrected chi connectivity index (χ0v) is 12.9. The molecule has 0 unspecified atom stereocenters. The van der Waals surface area contributed by atoms with E-state index in [1.54, 1.807) is 32.3 Å². The number of ether oxygens (including phenoxy) is 2. The maximum absolute atomic E-state index is 12.0. The molecule has 0 saturated heterocycles. The number of hydrogen-bond donors (Lipinski definition) is 0. The van der Waals surface area contributed by atoms with E-state index in [1.807, 2.05) is 13.8 Å². The molecule has 1 aromatic rings. The first-order valence-electron chi connectivity index (χ1n) is 6.98. The van der Waals surface area contributed by atoms with Gasteiger partial charge in [0.1, 0.15) is 17.1 Å². The van der Waals surface area contributed by atoms with Crippen molar-refractivity contribution in [2.45, 2.75) is 32.3 Å². The fourth-order valence-electron chi connectivity index (χ4n) is 2.20. The Balaban J connectivity index is 2.04. The van der Waals surface area contributed by atoms with Gasteiger partial charge in [-0.05, 0) is 26.0 Å². The molecule has 0 aliphatic carbocycles. The predicted octanol–water partition coefficient (Wildman–Crippen LogP) is 2.29.